The number of carbonyl (C=O) groups is 1. The highest BCUT2D eigenvalue weighted by molar-refractivity contribution is 5.76. The molecule has 0 fully saturated rings. The van der Waals surface area contributed by atoms with E-state index < -0.39 is 12.0 Å². The monoisotopic (exact) mass is 282 g/mol. The standard InChI is InChI=1S/C14H22N2O4/c1-10-3-4-12(18)11(9-10)13(14(19)20)16-7-6-15-5-2-8-17/h3-4,9,13,15-18H,2,5-8H2,1H3,(H,19,20). The highest BCUT2D eigenvalue weighted by Crippen LogP contribution is 2.25. The van der Waals surface area contributed by atoms with Crippen LogP contribution in [0, 0.1) is 6.92 Å². The summed E-state index contributed by atoms with van der Waals surface area (Å²) in [6, 6.07) is 3.96. The van der Waals surface area contributed by atoms with Crippen molar-refractivity contribution in [2.75, 3.05) is 26.2 Å². The number of phenolic OH excluding ortho intramolecular Hbond substituents is 1. The highest BCUT2D eigenvalue weighted by atomic mass is 16.4. The normalized spacial score (nSPS) is 12.3. The SMILES string of the molecule is Cc1ccc(O)c(C(NCCNCCCO)C(=O)O)c1. The predicted molar refractivity (Wildman–Crippen MR) is 75.8 cm³/mol. The third-order valence-corrected chi connectivity index (χ3v) is 2.90. The molecule has 112 valence electrons. The van der Waals surface area contributed by atoms with Crippen LogP contribution in [0.25, 0.3) is 0 Å². The van der Waals surface area contributed by atoms with E-state index in [1.54, 1.807) is 12.1 Å². The number of rotatable bonds is 9. The second kappa shape index (κ2) is 8.52. The molecular formula is C14H22N2O4. The van der Waals surface area contributed by atoms with Crippen LogP contribution in [0.3, 0.4) is 0 Å². The van der Waals surface area contributed by atoms with Gasteiger partial charge in [-0.1, -0.05) is 17.7 Å². The molecule has 0 aliphatic heterocycles. The summed E-state index contributed by atoms with van der Waals surface area (Å²) in [5.74, 6) is -1.05. The Balaban J connectivity index is 2.57. The number of carboxylic acid groups (broad SMARTS) is 1. The number of hydrogen-bond acceptors (Lipinski definition) is 5. The summed E-state index contributed by atoms with van der Waals surface area (Å²) in [5, 5.41) is 33.6. The molecule has 0 spiro atoms. The molecule has 0 heterocycles. The van der Waals surface area contributed by atoms with Gasteiger partial charge >= 0.3 is 5.97 Å². The maximum absolute atomic E-state index is 11.3. The summed E-state index contributed by atoms with van der Waals surface area (Å²) in [6.45, 7) is 3.71. The van der Waals surface area contributed by atoms with Crippen molar-refractivity contribution in [1.29, 1.82) is 0 Å². The number of nitrogens with one attached hydrogen (secondary N) is 2. The fraction of sp³-hybridized carbons (Fsp3) is 0.500. The zero-order chi connectivity index (χ0) is 15.0. The van der Waals surface area contributed by atoms with E-state index in [-0.39, 0.29) is 12.4 Å². The minimum atomic E-state index is -1.03. The minimum Gasteiger partial charge on any atom is -0.508 e. The Morgan fingerprint density at radius 3 is 2.70 bits per heavy atom. The lowest BCUT2D eigenvalue weighted by molar-refractivity contribution is -0.139. The largest absolute Gasteiger partial charge is 0.508 e. The topological polar surface area (TPSA) is 102 Å². The van der Waals surface area contributed by atoms with Crippen molar-refractivity contribution in [3.63, 3.8) is 0 Å². The molecule has 6 nitrogen and oxygen atoms in total. The first-order valence-electron chi connectivity index (χ1n) is 6.63. The molecule has 0 aromatic heterocycles. The fourth-order valence-corrected chi connectivity index (χ4v) is 1.87. The van der Waals surface area contributed by atoms with Gasteiger partial charge in [-0.3, -0.25) is 10.1 Å². The Labute approximate surface area is 118 Å². The third-order valence-electron chi connectivity index (χ3n) is 2.90. The summed E-state index contributed by atoms with van der Waals surface area (Å²) in [4.78, 5) is 11.3. The lowest BCUT2D eigenvalue weighted by Crippen LogP contribution is -2.34. The molecule has 1 rings (SSSR count). The van der Waals surface area contributed by atoms with Crippen LogP contribution in [0.2, 0.25) is 0 Å². The summed E-state index contributed by atoms with van der Waals surface area (Å²) in [7, 11) is 0. The highest BCUT2D eigenvalue weighted by Gasteiger charge is 2.22. The summed E-state index contributed by atoms with van der Waals surface area (Å²) < 4.78 is 0. The van der Waals surface area contributed by atoms with Crippen molar-refractivity contribution in [3.8, 4) is 5.75 Å². The molecule has 0 aliphatic carbocycles. The van der Waals surface area contributed by atoms with Crippen LogP contribution in [0.4, 0.5) is 0 Å². The first kappa shape index (κ1) is 16.4. The molecule has 1 atom stereocenters. The van der Waals surface area contributed by atoms with Gasteiger partial charge in [-0.15, -0.1) is 0 Å². The van der Waals surface area contributed by atoms with E-state index in [1.807, 2.05) is 6.92 Å². The Hall–Kier alpha value is -1.63. The van der Waals surface area contributed by atoms with E-state index in [1.165, 1.54) is 6.07 Å². The van der Waals surface area contributed by atoms with Gasteiger partial charge in [-0.2, -0.15) is 0 Å². The molecule has 0 bridgehead atoms. The quantitative estimate of drug-likeness (QED) is 0.420. The van der Waals surface area contributed by atoms with Gasteiger partial charge in [-0.25, -0.2) is 0 Å². The van der Waals surface area contributed by atoms with Crippen molar-refractivity contribution in [3.05, 3.63) is 29.3 Å². The smallest absolute Gasteiger partial charge is 0.325 e. The Bertz CT molecular complexity index is 437. The van der Waals surface area contributed by atoms with Crippen molar-refractivity contribution in [2.24, 2.45) is 0 Å². The molecule has 0 saturated carbocycles. The van der Waals surface area contributed by atoms with Crippen LogP contribution in [0.5, 0.6) is 5.75 Å². The van der Waals surface area contributed by atoms with E-state index in [4.69, 9.17) is 5.11 Å². The molecule has 0 radical (unpaired) electrons. The van der Waals surface area contributed by atoms with Gasteiger partial charge in [0.2, 0.25) is 0 Å². The van der Waals surface area contributed by atoms with Gasteiger partial charge < -0.3 is 20.6 Å². The number of benzene rings is 1. The van der Waals surface area contributed by atoms with E-state index in [0.717, 1.165) is 5.56 Å². The Kier molecular flexibility index (Phi) is 7.00. The van der Waals surface area contributed by atoms with Gasteiger partial charge in [0.25, 0.3) is 0 Å². The first-order valence-corrected chi connectivity index (χ1v) is 6.63. The van der Waals surface area contributed by atoms with E-state index in [0.29, 0.717) is 31.6 Å². The third kappa shape index (κ3) is 5.16. The predicted octanol–water partition coefficient (Wildman–Crippen LogP) is 0.388. The molecule has 0 saturated heterocycles. The van der Waals surface area contributed by atoms with E-state index in [9.17, 15) is 15.0 Å². The molecule has 0 aliphatic rings. The lowest BCUT2D eigenvalue weighted by atomic mass is 10.0. The molecule has 5 N–H and O–H groups in total. The lowest BCUT2D eigenvalue weighted by Gasteiger charge is -2.17. The van der Waals surface area contributed by atoms with Crippen LogP contribution in [0.1, 0.15) is 23.6 Å². The Morgan fingerprint density at radius 2 is 2.05 bits per heavy atom. The second-order valence-electron chi connectivity index (χ2n) is 4.61. The van der Waals surface area contributed by atoms with Crippen molar-refractivity contribution in [1.82, 2.24) is 10.6 Å². The average molecular weight is 282 g/mol. The number of aliphatic hydroxyl groups is 1. The average Bonchev–Trinajstić information content (AvgIpc) is 2.41. The Morgan fingerprint density at radius 1 is 1.30 bits per heavy atom. The number of hydrogen-bond donors (Lipinski definition) is 5. The summed E-state index contributed by atoms with van der Waals surface area (Å²) in [5.41, 5.74) is 1.26. The molecule has 1 aromatic carbocycles. The number of aliphatic hydroxyl groups excluding tert-OH is 1. The van der Waals surface area contributed by atoms with Crippen molar-refractivity contribution >= 4 is 5.97 Å². The van der Waals surface area contributed by atoms with Gasteiger partial charge in [0, 0.05) is 25.3 Å². The minimum absolute atomic E-state index is 0.0243. The van der Waals surface area contributed by atoms with Crippen molar-refractivity contribution in [2.45, 2.75) is 19.4 Å². The van der Waals surface area contributed by atoms with Crippen LogP contribution < -0.4 is 10.6 Å². The van der Waals surface area contributed by atoms with E-state index >= 15 is 0 Å². The molecule has 20 heavy (non-hydrogen) atoms. The zero-order valence-corrected chi connectivity index (χ0v) is 11.6. The van der Waals surface area contributed by atoms with Crippen LogP contribution in [-0.2, 0) is 4.79 Å². The van der Waals surface area contributed by atoms with Crippen LogP contribution in [0.15, 0.2) is 18.2 Å². The van der Waals surface area contributed by atoms with Gasteiger partial charge in [0.05, 0.1) is 0 Å². The summed E-state index contributed by atoms with van der Waals surface area (Å²) >= 11 is 0. The van der Waals surface area contributed by atoms with Crippen molar-refractivity contribution < 1.29 is 20.1 Å². The van der Waals surface area contributed by atoms with Crippen LogP contribution in [-0.4, -0.2) is 47.5 Å². The molecular weight excluding hydrogens is 260 g/mol. The fourth-order valence-electron chi connectivity index (χ4n) is 1.87. The molecule has 1 aromatic rings. The van der Waals surface area contributed by atoms with Gasteiger partial charge in [-0.05, 0) is 26.0 Å². The number of phenols is 1. The number of aromatic hydroxyl groups is 1. The first-order chi connectivity index (χ1) is 9.56. The second-order valence-corrected chi connectivity index (χ2v) is 4.61. The van der Waals surface area contributed by atoms with Gasteiger partial charge in [0.1, 0.15) is 11.8 Å². The number of aliphatic carboxylic acids is 1. The molecule has 6 heteroatoms. The van der Waals surface area contributed by atoms with Gasteiger partial charge in [0.15, 0.2) is 0 Å². The zero-order valence-electron chi connectivity index (χ0n) is 11.6. The number of carboxylic acids is 1. The maximum Gasteiger partial charge on any atom is 0.325 e. The molecule has 0 amide bonds. The summed E-state index contributed by atoms with van der Waals surface area (Å²) in [6.07, 6.45) is 0.668. The molecule has 1 unspecified atom stereocenters. The van der Waals surface area contributed by atoms with E-state index in [2.05, 4.69) is 10.6 Å². The number of aryl methyl sites for hydroxylation is 1. The maximum atomic E-state index is 11.3. The van der Waals surface area contributed by atoms with Crippen LogP contribution >= 0.6 is 0 Å².